The Balaban J connectivity index is 2.82. The van der Waals surface area contributed by atoms with Crippen LogP contribution in [0.25, 0.3) is 0 Å². The third-order valence-corrected chi connectivity index (χ3v) is 2.44. The Morgan fingerprint density at radius 3 is 2.20 bits per heavy atom. The molecule has 3 N–H and O–H groups in total. The highest BCUT2D eigenvalue weighted by atomic mass is 16.5. The van der Waals surface area contributed by atoms with Gasteiger partial charge < -0.3 is 30.0 Å². The van der Waals surface area contributed by atoms with Gasteiger partial charge in [-0.1, -0.05) is 0 Å². The molecule has 0 fully saturated rings. The highest BCUT2D eigenvalue weighted by molar-refractivity contribution is 5.92. The van der Waals surface area contributed by atoms with Gasteiger partial charge in [-0.15, -0.1) is 0 Å². The molecule has 0 saturated heterocycles. The molecule has 0 aliphatic carbocycles. The van der Waals surface area contributed by atoms with Crippen molar-refractivity contribution < 1.29 is 23.7 Å². The van der Waals surface area contributed by atoms with Crippen LogP contribution in [0.1, 0.15) is 0 Å². The van der Waals surface area contributed by atoms with E-state index >= 15 is 0 Å². The SMILES string of the molecule is COc1cc(NC(=O)COCCN)cc(OC)c1OC. The molecule has 1 aromatic rings. The van der Waals surface area contributed by atoms with Gasteiger partial charge in [0.1, 0.15) is 6.61 Å². The second kappa shape index (κ2) is 8.23. The highest BCUT2D eigenvalue weighted by Crippen LogP contribution is 2.39. The molecule has 7 heteroatoms. The van der Waals surface area contributed by atoms with E-state index in [9.17, 15) is 4.79 Å². The lowest BCUT2D eigenvalue weighted by Crippen LogP contribution is -2.20. The first kappa shape index (κ1) is 16.1. The van der Waals surface area contributed by atoms with Crippen molar-refractivity contribution in [3.05, 3.63) is 12.1 Å². The number of hydrogen-bond acceptors (Lipinski definition) is 6. The van der Waals surface area contributed by atoms with Crippen LogP contribution in [0.5, 0.6) is 17.2 Å². The van der Waals surface area contributed by atoms with Gasteiger partial charge in [-0.05, 0) is 0 Å². The van der Waals surface area contributed by atoms with Crippen LogP contribution in [0, 0.1) is 0 Å². The van der Waals surface area contributed by atoms with E-state index in [0.29, 0.717) is 36.1 Å². The Morgan fingerprint density at radius 1 is 1.15 bits per heavy atom. The fourth-order valence-corrected chi connectivity index (χ4v) is 1.60. The van der Waals surface area contributed by atoms with Crippen LogP contribution in [0.2, 0.25) is 0 Å². The van der Waals surface area contributed by atoms with Crippen LogP contribution < -0.4 is 25.3 Å². The van der Waals surface area contributed by atoms with Gasteiger partial charge in [-0.25, -0.2) is 0 Å². The summed E-state index contributed by atoms with van der Waals surface area (Å²) in [6.07, 6.45) is 0. The molecule has 20 heavy (non-hydrogen) atoms. The van der Waals surface area contributed by atoms with Crippen molar-refractivity contribution in [3.8, 4) is 17.2 Å². The molecule has 0 unspecified atom stereocenters. The van der Waals surface area contributed by atoms with Crippen LogP contribution in [-0.2, 0) is 9.53 Å². The molecular weight excluding hydrogens is 264 g/mol. The minimum Gasteiger partial charge on any atom is -0.493 e. The Morgan fingerprint density at radius 2 is 1.75 bits per heavy atom. The number of benzene rings is 1. The molecule has 7 nitrogen and oxygen atoms in total. The first-order valence-electron chi connectivity index (χ1n) is 6.04. The van der Waals surface area contributed by atoms with Gasteiger partial charge in [-0.3, -0.25) is 4.79 Å². The first-order chi connectivity index (χ1) is 9.65. The fourth-order valence-electron chi connectivity index (χ4n) is 1.60. The predicted molar refractivity (Wildman–Crippen MR) is 74.6 cm³/mol. The number of carbonyl (C=O) groups is 1. The third-order valence-electron chi connectivity index (χ3n) is 2.44. The highest BCUT2D eigenvalue weighted by Gasteiger charge is 2.14. The smallest absolute Gasteiger partial charge is 0.250 e. The van der Waals surface area contributed by atoms with Gasteiger partial charge >= 0.3 is 0 Å². The second-order valence-electron chi connectivity index (χ2n) is 3.80. The Labute approximate surface area is 117 Å². The zero-order valence-corrected chi connectivity index (χ0v) is 11.9. The van der Waals surface area contributed by atoms with Crippen molar-refractivity contribution in [2.45, 2.75) is 0 Å². The van der Waals surface area contributed by atoms with Crippen molar-refractivity contribution in [3.63, 3.8) is 0 Å². The van der Waals surface area contributed by atoms with Gasteiger partial charge in [0, 0.05) is 24.4 Å². The van der Waals surface area contributed by atoms with E-state index in [-0.39, 0.29) is 12.5 Å². The van der Waals surface area contributed by atoms with E-state index in [2.05, 4.69) is 5.32 Å². The van der Waals surface area contributed by atoms with Gasteiger partial charge in [-0.2, -0.15) is 0 Å². The summed E-state index contributed by atoms with van der Waals surface area (Å²) >= 11 is 0. The van der Waals surface area contributed by atoms with Crippen LogP contribution in [0.4, 0.5) is 5.69 Å². The summed E-state index contributed by atoms with van der Waals surface area (Å²) in [5, 5.41) is 2.68. The summed E-state index contributed by atoms with van der Waals surface area (Å²) in [6, 6.07) is 3.28. The number of nitrogens with one attached hydrogen (secondary N) is 1. The molecule has 0 aliphatic heterocycles. The first-order valence-corrected chi connectivity index (χ1v) is 6.04. The molecule has 0 aromatic heterocycles. The molecule has 1 aromatic carbocycles. The van der Waals surface area contributed by atoms with E-state index in [0.717, 1.165) is 0 Å². The molecule has 112 valence electrons. The van der Waals surface area contributed by atoms with Crippen molar-refractivity contribution in [1.82, 2.24) is 0 Å². The minimum atomic E-state index is -0.285. The molecule has 0 saturated carbocycles. The van der Waals surface area contributed by atoms with E-state index in [1.807, 2.05) is 0 Å². The number of nitrogens with two attached hydrogens (primary N) is 1. The molecule has 1 rings (SSSR count). The van der Waals surface area contributed by atoms with E-state index in [1.54, 1.807) is 12.1 Å². The summed E-state index contributed by atoms with van der Waals surface area (Å²) in [6.45, 7) is 0.647. The molecular formula is C13H20N2O5. The van der Waals surface area contributed by atoms with E-state index in [4.69, 9.17) is 24.7 Å². The molecule has 0 atom stereocenters. The Bertz CT molecular complexity index is 425. The average molecular weight is 284 g/mol. The molecule has 1 amide bonds. The van der Waals surface area contributed by atoms with Gasteiger partial charge in [0.05, 0.1) is 27.9 Å². The van der Waals surface area contributed by atoms with Crippen LogP contribution in [-0.4, -0.2) is 47.0 Å². The zero-order valence-electron chi connectivity index (χ0n) is 11.9. The maximum Gasteiger partial charge on any atom is 0.250 e. The molecule has 0 spiro atoms. The van der Waals surface area contributed by atoms with Gasteiger partial charge in [0.25, 0.3) is 0 Å². The monoisotopic (exact) mass is 284 g/mol. The number of rotatable bonds is 8. The van der Waals surface area contributed by atoms with Crippen molar-refractivity contribution in [2.75, 3.05) is 46.4 Å². The summed E-state index contributed by atoms with van der Waals surface area (Å²) in [4.78, 5) is 11.7. The quantitative estimate of drug-likeness (QED) is 0.680. The summed E-state index contributed by atoms with van der Waals surface area (Å²) in [5.74, 6) is 1.11. The maximum absolute atomic E-state index is 11.7. The predicted octanol–water partition coefficient (Wildman–Crippen LogP) is 0.626. The maximum atomic E-state index is 11.7. The Kier molecular flexibility index (Phi) is 6.61. The van der Waals surface area contributed by atoms with Crippen LogP contribution in [0.3, 0.4) is 0 Å². The van der Waals surface area contributed by atoms with Gasteiger partial charge in [0.15, 0.2) is 11.5 Å². The fraction of sp³-hybridized carbons (Fsp3) is 0.462. The normalized spacial score (nSPS) is 10.0. The number of ether oxygens (including phenoxy) is 4. The Hall–Kier alpha value is -1.99. The van der Waals surface area contributed by atoms with Crippen molar-refractivity contribution in [2.24, 2.45) is 5.73 Å². The third kappa shape index (κ3) is 4.29. The lowest BCUT2D eigenvalue weighted by molar-refractivity contribution is -0.120. The largest absolute Gasteiger partial charge is 0.493 e. The molecule has 0 heterocycles. The number of carbonyl (C=O) groups excluding carboxylic acids is 1. The average Bonchev–Trinajstić information content (AvgIpc) is 2.46. The number of anilines is 1. The zero-order chi connectivity index (χ0) is 15.0. The summed E-state index contributed by atoms with van der Waals surface area (Å²) in [5.41, 5.74) is 5.80. The van der Waals surface area contributed by atoms with Crippen molar-refractivity contribution in [1.29, 1.82) is 0 Å². The van der Waals surface area contributed by atoms with Gasteiger partial charge in [0.2, 0.25) is 11.7 Å². The summed E-state index contributed by atoms with van der Waals surface area (Å²) in [7, 11) is 4.53. The minimum absolute atomic E-state index is 0.0616. The molecule has 0 bridgehead atoms. The molecule has 0 aliphatic rings. The van der Waals surface area contributed by atoms with Crippen molar-refractivity contribution >= 4 is 11.6 Å². The van der Waals surface area contributed by atoms with E-state index < -0.39 is 0 Å². The second-order valence-corrected chi connectivity index (χ2v) is 3.80. The number of amides is 1. The van der Waals surface area contributed by atoms with E-state index in [1.165, 1.54) is 21.3 Å². The topological polar surface area (TPSA) is 92.0 Å². The molecule has 0 radical (unpaired) electrons. The lowest BCUT2D eigenvalue weighted by Gasteiger charge is -2.14. The lowest BCUT2D eigenvalue weighted by atomic mass is 10.2. The summed E-state index contributed by atoms with van der Waals surface area (Å²) < 4.78 is 20.6. The number of methoxy groups -OCH3 is 3. The van der Waals surface area contributed by atoms with Crippen LogP contribution >= 0.6 is 0 Å². The standard InChI is InChI=1S/C13H20N2O5/c1-17-10-6-9(7-11(18-2)13(10)19-3)15-12(16)8-20-5-4-14/h6-7H,4-5,8,14H2,1-3H3,(H,15,16). The van der Waals surface area contributed by atoms with Crippen LogP contribution in [0.15, 0.2) is 12.1 Å². The number of hydrogen-bond donors (Lipinski definition) is 2.